The molecule has 3 aromatic carbocycles. The number of carbonyl (C=O) groups excluding carboxylic acids is 1. The summed E-state index contributed by atoms with van der Waals surface area (Å²) in [6.45, 7) is 7.55. The Balaban J connectivity index is 1.34. The number of carbonyl (C=O) groups is 1. The maximum absolute atomic E-state index is 17.1. The number of methoxy groups -OCH3 is 2. The first kappa shape index (κ1) is 44.7. The summed E-state index contributed by atoms with van der Waals surface area (Å²) in [6, 6.07) is 15.0. The van der Waals surface area contributed by atoms with Gasteiger partial charge in [-0.1, -0.05) is 35.9 Å². The van der Waals surface area contributed by atoms with Gasteiger partial charge in [0, 0.05) is 38.3 Å². The number of fused-ring (bicyclic) bond motifs is 5. The maximum Gasteiger partial charge on any atom is 0.418 e. The molecule has 0 spiro atoms. The molecular weight excluding hydrogens is 855 g/mol. The summed E-state index contributed by atoms with van der Waals surface area (Å²) in [6.07, 6.45) is -4.08. The van der Waals surface area contributed by atoms with Crippen LogP contribution in [0.15, 0.2) is 59.4 Å². The second kappa shape index (κ2) is 17.8. The van der Waals surface area contributed by atoms with Crippen LogP contribution in [0.5, 0.6) is 17.2 Å². The summed E-state index contributed by atoms with van der Waals surface area (Å²) in [4.78, 5) is 41.0. The number of aryl methyl sites for hydroxylation is 1. The number of anilines is 1. The third-order valence-electron chi connectivity index (χ3n) is 11.0. The lowest BCUT2D eigenvalue weighted by atomic mass is 9.90. The van der Waals surface area contributed by atoms with E-state index in [1.54, 1.807) is 54.8 Å². The Morgan fingerprint density at radius 3 is 2.13 bits per heavy atom. The Morgan fingerprint density at radius 1 is 0.952 bits per heavy atom. The van der Waals surface area contributed by atoms with Gasteiger partial charge in [0.1, 0.15) is 40.4 Å². The molecular formula is C44H46Cl2F4N6O6. The fraction of sp³-hybridized carbons (Fsp3) is 0.409. The molecule has 0 unspecified atom stereocenters. The molecule has 2 N–H and O–H groups in total. The molecule has 2 bridgehead atoms. The van der Waals surface area contributed by atoms with Crippen molar-refractivity contribution in [2.45, 2.75) is 77.5 Å². The van der Waals surface area contributed by atoms with Crippen molar-refractivity contribution in [2.75, 3.05) is 38.8 Å². The monoisotopic (exact) mass is 900 g/mol. The zero-order valence-corrected chi connectivity index (χ0v) is 36.4. The van der Waals surface area contributed by atoms with Crippen molar-refractivity contribution in [3.8, 4) is 28.5 Å². The summed E-state index contributed by atoms with van der Waals surface area (Å²) in [5.41, 5.74) is -3.87. The molecule has 1 amide bonds. The number of alkyl halides is 3. The van der Waals surface area contributed by atoms with Crippen molar-refractivity contribution in [1.82, 2.24) is 25.2 Å². The molecule has 0 aliphatic carbocycles. The van der Waals surface area contributed by atoms with E-state index in [0.29, 0.717) is 31.0 Å². The van der Waals surface area contributed by atoms with E-state index in [4.69, 9.17) is 42.1 Å². The molecule has 18 heteroatoms. The number of hydrogen-bond donors (Lipinski definition) is 2. The summed E-state index contributed by atoms with van der Waals surface area (Å²) < 4.78 is 85.5. The van der Waals surface area contributed by atoms with E-state index in [-0.39, 0.29) is 43.0 Å². The highest BCUT2D eigenvalue weighted by Gasteiger charge is 2.42. The van der Waals surface area contributed by atoms with E-state index in [0.717, 1.165) is 17.5 Å². The number of piperidine rings is 1. The Kier molecular flexibility index (Phi) is 12.8. The lowest BCUT2D eigenvalue weighted by Crippen LogP contribution is -2.49. The highest BCUT2D eigenvalue weighted by Crippen LogP contribution is 2.48. The predicted molar refractivity (Wildman–Crippen MR) is 228 cm³/mol. The number of benzene rings is 3. The second-order valence-electron chi connectivity index (χ2n) is 16.4. The van der Waals surface area contributed by atoms with Crippen molar-refractivity contribution < 1.29 is 41.3 Å². The van der Waals surface area contributed by atoms with E-state index in [1.807, 2.05) is 24.3 Å². The van der Waals surface area contributed by atoms with Crippen LogP contribution < -0.4 is 30.0 Å². The van der Waals surface area contributed by atoms with Gasteiger partial charge in [0.25, 0.3) is 5.56 Å². The lowest BCUT2D eigenvalue weighted by Gasteiger charge is -2.38. The lowest BCUT2D eigenvalue weighted by molar-refractivity contribution is -0.137. The molecule has 62 heavy (non-hydrogen) atoms. The molecule has 0 saturated carbocycles. The van der Waals surface area contributed by atoms with Gasteiger partial charge in [-0.3, -0.25) is 9.78 Å². The van der Waals surface area contributed by atoms with Gasteiger partial charge in [0.2, 0.25) is 5.28 Å². The standard InChI is InChI=1S/C44H46Cl2F4N6O6/c1-23-17-31(55(19-24-7-13-28(59-5)14-8-24)20-25-9-15-29(60-6)16-10-25)52-37(34(23)44(48,49)50)32-35(45)39(33-38(36(32)47)53-41(46)54-40(33)57)61-22-30-26-11-12-27(18-51-30)56(21-26)42(58)62-43(2,3)4/h7-10,13-17,26-27,30,51H,11-12,18-22H2,1-6H3,(H,53,54,57)/t26-,27+,30-/m1/s1. The van der Waals surface area contributed by atoms with E-state index in [1.165, 1.54) is 27.2 Å². The fourth-order valence-corrected chi connectivity index (χ4v) is 8.53. The molecule has 5 heterocycles. The van der Waals surface area contributed by atoms with Crippen molar-refractivity contribution in [3.63, 3.8) is 0 Å². The van der Waals surface area contributed by atoms with Gasteiger partial charge in [-0.05, 0) is 105 Å². The van der Waals surface area contributed by atoms with Crippen molar-refractivity contribution in [2.24, 2.45) is 5.92 Å². The van der Waals surface area contributed by atoms with Gasteiger partial charge in [-0.15, -0.1) is 0 Å². The molecule has 12 nitrogen and oxygen atoms in total. The highest BCUT2D eigenvalue weighted by molar-refractivity contribution is 6.36. The van der Waals surface area contributed by atoms with Crippen LogP contribution in [0, 0.1) is 18.7 Å². The van der Waals surface area contributed by atoms with Crippen LogP contribution in [-0.2, 0) is 24.0 Å². The fourth-order valence-electron chi connectivity index (χ4n) is 8.04. The molecule has 3 atom stereocenters. The largest absolute Gasteiger partial charge is 0.497 e. The first-order valence-corrected chi connectivity index (χ1v) is 20.7. The molecule has 3 aliphatic rings. The van der Waals surface area contributed by atoms with Gasteiger partial charge in [-0.2, -0.15) is 13.2 Å². The number of H-pyrrole nitrogens is 1. The number of aromatic amines is 1. The van der Waals surface area contributed by atoms with Gasteiger partial charge >= 0.3 is 12.3 Å². The molecule has 3 fully saturated rings. The number of halogens is 6. The molecule has 3 aliphatic heterocycles. The summed E-state index contributed by atoms with van der Waals surface area (Å²) >= 11 is 13.1. The smallest absolute Gasteiger partial charge is 0.418 e. The van der Waals surface area contributed by atoms with Crippen LogP contribution in [0.2, 0.25) is 10.3 Å². The van der Waals surface area contributed by atoms with Gasteiger partial charge < -0.3 is 34.1 Å². The minimum absolute atomic E-state index is 0.0695. The van der Waals surface area contributed by atoms with Crippen molar-refractivity contribution in [3.05, 3.63) is 103 Å². The van der Waals surface area contributed by atoms with E-state index < -0.39 is 79.1 Å². The third-order valence-corrected chi connectivity index (χ3v) is 11.6. The maximum atomic E-state index is 17.1. The van der Waals surface area contributed by atoms with Crippen LogP contribution in [0.3, 0.4) is 0 Å². The molecule has 8 rings (SSSR count). The van der Waals surface area contributed by atoms with Crippen LogP contribution in [0.4, 0.5) is 28.2 Å². The van der Waals surface area contributed by atoms with E-state index >= 15 is 17.6 Å². The first-order chi connectivity index (χ1) is 29.3. The number of hydrogen-bond acceptors (Lipinski definition) is 10. The molecule has 2 aromatic heterocycles. The average Bonchev–Trinajstić information content (AvgIpc) is 3.51. The predicted octanol–water partition coefficient (Wildman–Crippen LogP) is 9.35. The first-order valence-electron chi connectivity index (χ1n) is 19.9. The molecule has 330 valence electrons. The Hall–Kier alpha value is -5.32. The Morgan fingerprint density at radius 2 is 1.56 bits per heavy atom. The van der Waals surface area contributed by atoms with E-state index in [2.05, 4.69) is 20.3 Å². The molecule has 5 aromatic rings. The zero-order valence-electron chi connectivity index (χ0n) is 34.9. The Labute approximate surface area is 365 Å². The second-order valence-corrected chi connectivity index (χ2v) is 17.2. The van der Waals surface area contributed by atoms with Crippen LogP contribution in [0.1, 0.15) is 55.9 Å². The number of aromatic nitrogens is 3. The SMILES string of the molecule is COc1ccc(CN(Cc2ccc(OC)cc2)c2cc(C)c(C(F)(F)F)c(-c3c(Cl)c(OC[C@H]4NC[C@@H]5CC[C@@H]4CN5C(=O)OC(C)(C)C)c4c(=O)[nH]c(Cl)nc4c3F)n2)cc1. The molecule has 3 saturated heterocycles. The number of nitrogens with one attached hydrogen (secondary N) is 2. The summed E-state index contributed by atoms with van der Waals surface area (Å²) in [7, 11) is 3.07. The minimum Gasteiger partial charge on any atom is -0.497 e. The van der Waals surface area contributed by atoms with Crippen LogP contribution in [0.25, 0.3) is 22.2 Å². The number of ether oxygens (including phenoxy) is 4. The highest BCUT2D eigenvalue weighted by atomic mass is 35.5. The number of pyridine rings is 1. The normalized spacial score (nSPS) is 17.8. The van der Waals surface area contributed by atoms with Gasteiger partial charge in [-0.25, -0.2) is 19.2 Å². The summed E-state index contributed by atoms with van der Waals surface area (Å²) in [5.74, 6) is -0.607. The number of nitrogens with zero attached hydrogens (tertiary/aromatic N) is 4. The van der Waals surface area contributed by atoms with Crippen LogP contribution in [-0.4, -0.2) is 77.5 Å². The van der Waals surface area contributed by atoms with E-state index in [9.17, 15) is 9.59 Å². The van der Waals surface area contributed by atoms with Crippen molar-refractivity contribution in [1.29, 1.82) is 0 Å². The van der Waals surface area contributed by atoms with Gasteiger partial charge in [0.15, 0.2) is 11.6 Å². The Bertz CT molecular complexity index is 2470. The quantitative estimate of drug-likeness (QED) is 0.0977. The summed E-state index contributed by atoms with van der Waals surface area (Å²) in [5, 5.41) is 1.85. The van der Waals surface area contributed by atoms with Crippen molar-refractivity contribution >= 4 is 46.0 Å². The topological polar surface area (TPSA) is 131 Å². The average molecular weight is 902 g/mol. The molecule has 0 radical (unpaired) electrons. The number of rotatable bonds is 11. The minimum atomic E-state index is -5.05. The van der Waals surface area contributed by atoms with Crippen LogP contribution >= 0.6 is 23.2 Å². The number of amides is 1. The van der Waals surface area contributed by atoms with Gasteiger partial charge in [0.05, 0.1) is 36.1 Å². The zero-order chi connectivity index (χ0) is 44.7. The third kappa shape index (κ3) is 9.52.